The van der Waals surface area contributed by atoms with Crippen molar-refractivity contribution in [2.24, 2.45) is 0 Å². The zero-order chi connectivity index (χ0) is 16.6. The summed E-state index contributed by atoms with van der Waals surface area (Å²) in [5.41, 5.74) is 0. The maximum Gasteiger partial charge on any atom is 0.328 e. The average molecular weight is 311 g/mol. The topological polar surface area (TPSA) is 57.6 Å². The molecule has 4 heteroatoms. The van der Waals surface area contributed by atoms with E-state index in [1.807, 2.05) is 0 Å². The summed E-state index contributed by atoms with van der Waals surface area (Å²) in [6.07, 6.45) is 16.1. The number of unbranched alkanes of at least 4 members (excludes halogenated alkanes) is 10. The molecule has 0 aliphatic heterocycles. The Kier molecular flexibility index (Phi) is 13.7. The van der Waals surface area contributed by atoms with Crippen molar-refractivity contribution in [3.63, 3.8) is 0 Å². The minimum absolute atomic E-state index is 0.241. The standard InChI is InChI=1S/C18H33NO3/c1-3-4-5-6-7-8-9-10-11-12-13-16-19(2)17(20)14-15-18(21)22/h14-15H,3-13,16H2,1-2H3,(H,21,22)/b15-14+. The van der Waals surface area contributed by atoms with Crippen LogP contribution in [0.5, 0.6) is 0 Å². The van der Waals surface area contributed by atoms with Crippen molar-refractivity contribution in [3.05, 3.63) is 12.2 Å². The summed E-state index contributed by atoms with van der Waals surface area (Å²) in [4.78, 5) is 23.4. The van der Waals surface area contributed by atoms with Crippen LogP contribution >= 0.6 is 0 Å². The van der Waals surface area contributed by atoms with Crippen LogP contribution in [0.3, 0.4) is 0 Å². The Labute approximate surface area is 135 Å². The summed E-state index contributed by atoms with van der Waals surface area (Å²) < 4.78 is 0. The zero-order valence-electron chi connectivity index (χ0n) is 14.4. The molecule has 128 valence electrons. The van der Waals surface area contributed by atoms with Gasteiger partial charge in [-0.05, 0) is 6.42 Å². The van der Waals surface area contributed by atoms with Gasteiger partial charge in [-0.15, -0.1) is 0 Å². The summed E-state index contributed by atoms with van der Waals surface area (Å²) in [6.45, 7) is 2.94. The van der Waals surface area contributed by atoms with E-state index in [4.69, 9.17) is 5.11 Å². The summed E-state index contributed by atoms with van der Waals surface area (Å²) in [6, 6.07) is 0. The minimum Gasteiger partial charge on any atom is -0.478 e. The average Bonchev–Trinajstić information content (AvgIpc) is 2.49. The number of hydrogen-bond donors (Lipinski definition) is 1. The molecule has 0 aliphatic rings. The third-order valence-corrected chi connectivity index (χ3v) is 3.84. The molecule has 0 unspecified atom stereocenters. The van der Waals surface area contributed by atoms with Gasteiger partial charge in [0.1, 0.15) is 0 Å². The third-order valence-electron chi connectivity index (χ3n) is 3.84. The number of rotatable bonds is 14. The van der Waals surface area contributed by atoms with Crippen LogP contribution in [-0.2, 0) is 9.59 Å². The van der Waals surface area contributed by atoms with Crippen LogP contribution in [0, 0.1) is 0 Å². The Hall–Kier alpha value is -1.32. The molecule has 0 fully saturated rings. The van der Waals surface area contributed by atoms with Crippen LogP contribution in [0.1, 0.15) is 77.6 Å². The first kappa shape index (κ1) is 20.7. The Morgan fingerprint density at radius 2 is 1.27 bits per heavy atom. The van der Waals surface area contributed by atoms with Crippen molar-refractivity contribution in [2.75, 3.05) is 13.6 Å². The van der Waals surface area contributed by atoms with Gasteiger partial charge in [-0.2, -0.15) is 0 Å². The summed E-state index contributed by atoms with van der Waals surface area (Å²) in [5, 5.41) is 8.46. The van der Waals surface area contributed by atoms with E-state index in [0.717, 1.165) is 25.0 Å². The van der Waals surface area contributed by atoms with E-state index in [-0.39, 0.29) is 5.91 Å². The molecule has 0 saturated carbocycles. The maximum absolute atomic E-state index is 11.5. The van der Waals surface area contributed by atoms with Crippen molar-refractivity contribution in [1.29, 1.82) is 0 Å². The number of amides is 1. The summed E-state index contributed by atoms with van der Waals surface area (Å²) >= 11 is 0. The molecule has 0 saturated heterocycles. The first-order chi connectivity index (χ1) is 10.6. The predicted octanol–water partition coefficient (Wildman–Crippen LogP) is 4.40. The smallest absolute Gasteiger partial charge is 0.328 e. The Morgan fingerprint density at radius 1 is 0.818 bits per heavy atom. The Balaban J connectivity index is 3.38. The van der Waals surface area contributed by atoms with Crippen molar-refractivity contribution in [3.8, 4) is 0 Å². The normalized spacial score (nSPS) is 11.0. The first-order valence-corrected chi connectivity index (χ1v) is 8.74. The van der Waals surface area contributed by atoms with E-state index in [9.17, 15) is 9.59 Å². The van der Waals surface area contributed by atoms with Crippen LogP contribution in [-0.4, -0.2) is 35.5 Å². The molecular weight excluding hydrogens is 278 g/mol. The molecule has 0 aliphatic carbocycles. The third kappa shape index (κ3) is 13.7. The van der Waals surface area contributed by atoms with Gasteiger partial charge in [0.15, 0.2) is 0 Å². The largest absolute Gasteiger partial charge is 0.478 e. The van der Waals surface area contributed by atoms with Gasteiger partial charge in [-0.3, -0.25) is 4.79 Å². The van der Waals surface area contributed by atoms with Gasteiger partial charge in [0.25, 0.3) is 0 Å². The van der Waals surface area contributed by atoms with Crippen molar-refractivity contribution < 1.29 is 14.7 Å². The number of nitrogens with zero attached hydrogens (tertiary/aromatic N) is 1. The second-order valence-electron chi connectivity index (χ2n) is 5.97. The van der Waals surface area contributed by atoms with Gasteiger partial charge in [0.2, 0.25) is 5.91 Å². The lowest BCUT2D eigenvalue weighted by atomic mass is 10.1. The van der Waals surface area contributed by atoms with Gasteiger partial charge in [-0.25, -0.2) is 4.79 Å². The number of hydrogen-bond acceptors (Lipinski definition) is 2. The molecule has 0 aromatic carbocycles. The highest BCUT2D eigenvalue weighted by Crippen LogP contribution is 2.11. The minimum atomic E-state index is -1.09. The van der Waals surface area contributed by atoms with Crippen LogP contribution in [0.25, 0.3) is 0 Å². The molecule has 0 aromatic rings. The van der Waals surface area contributed by atoms with E-state index >= 15 is 0 Å². The quantitative estimate of drug-likeness (QED) is 0.382. The molecule has 1 amide bonds. The van der Waals surface area contributed by atoms with Gasteiger partial charge in [-0.1, -0.05) is 71.1 Å². The van der Waals surface area contributed by atoms with Crippen LogP contribution in [0.15, 0.2) is 12.2 Å². The lowest BCUT2D eigenvalue weighted by Crippen LogP contribution is -2.26. The highest BCUT2D eigenvalue weighted by Gasteiger charge is 2.04. The van der Waals surface area contributed by atoms with Crippen molar-refractivity contribution >= 4 is 11.9 Å². The van der Waals surface area contributed by atoms with Gasteiger partial charge in [0, 0.05) is 25.7 Å². The second-order valence-corrected chi connectivity index (χ2v) is 5.97. The van der Waals surface area contributed by atoms with Gasteiger partial charge < -0.3 is 10.0 Å². The van der Waals surface area contributed by atoms with E-state index in [2.05, 4.69) is 6.92 Å². The molecule has 0 aromatic heterocycles. The molecular formula is C18H33NO3. The second kappa shape index (κ2) is 14.6. The highest BCUT2D eigenvalue weighted by atomic mass is 16.4. The lowest BCUT2D eigenvalue weighted by molar-refractivity contribution is -0.132. The van der Waals surface area contributed by atoms with Gasteiger partial charge >= 0.3 is 5.97 Å². The van der Waals surface area contributed by atoms with Crippen molar-refractivity contribution in [1.82, 2.24) is 4.90 Å². The molecule has 0 radical (unpaired) electrons. The fourth-order valence-corrected chi connectivity index (χ4v) is 2.39. The Morgan fingerprint density at radius 3 is 1.73 bits per heavy atom. The molecule has 0 spiro atoms. The molecule has 0 heterocycles. The molecule has 1 N–H and O–H groups in total. The number of carbonyl (C=O) groups is 2. The number of carbonyl (C=O) groups excluding carboxylic acids is 1. The molecule has 0 bridgehead atoms. The molecule has 0 atom stereocenters. The fourth-order valence-electron chi connectivity index (χ4n) is 2.39. The first-order valence-electron chi connectivity index (χ1n) is 8.74. The fraction of sp³-hybridized carbons (Fsp3) is 0.778. The highest BCUT2D eigenvalue weighted by molar-refractivity contribution is 5.93. The van der Waals surface area contributed by atoms with Crippen LogP contribution in [0.4, 0.5) is 0 Å². The molecule has 22 heavy (non-hydrogen) atoms. The number of carboxylic acid groups (broad SMARTS) is 1. The molecule has 0 rings (SSSR count). The maximum atomic E-state index is 11.5. The summed E-state index contributed by atoms with van der Waals surface area (Å²) in [7, 11) is 1.71. The van der Waals surface area contributed by atoms with Crippen LogP contribution in [0.2, 0.25) is 0 Å². The zero-order valence-corrected chi connectivity index (χ0v) is 14.4. The number of likely N-dealkylation sites (N-methyl/N-ethyl adjacent to an activating group) is 1. The number of aliphatic carboxylic acids is 1. The lowest BCUT2D eigenvalue weighted by Gasteiger charge is -2.14. The van der Waals surface area contributed by atoms with E-state index in [1.54, 1.807) is 11.9 Å². The van der Waals surface area contributed by atoms with E-state index < -0.39 is 5.97 Å². The SMILES string of the molecule is CCCCCCCCCCCCCN(C)C(=O)/C=C/C(=O)O. The summed E-state index contributed by atoms with van der Waals surface area (Å²) in [5.74, 6) is -1.33. The van der Waals surface area contributed by atoms with Gasteiger partial charge in [0.05, 0.1) is 0 Å². The predicted molar refractivity (Wildman–Crippen MR) is 90.9 cm³/mol. The monoisotopic (exact) mass is 311 g/mol. The molecule has 4 nitrogen and oxygen atoms in total. The van der Waals surface area contributed by atoms with Crippen LogP contribution < -0.4 is 0 Å². The van der Waals surface area contributed by atoms with Crippen molar-refractivity contribution in [2.45, 2.75) is 77.6 Å². The van der Waals surface area contributed by atoms with E-state index in [1.165, 1.54) is 57.8 Å². The number of carboxylic acids is 1. The Bertz CT molecular complexity index is 326. The van der Waals surface area contributed by atoms with E-state index in [0.29, 0.717) is 6.54 Å².